The first kappa shape index (κ1) is 8.09. The van der Waals surface area contributed by atoms with E-state index < -0.39 is 0 Å². The summed E-state index contributed by atoms with van der Waals surface area (Å²) in [5.74, 6) is 0.658. The van der Waals surface area contributed by atoms with Gasteiger partial charge in [-0.1, -0.05) is 6.42 Å². The second kappa shape index (κ2) is 2.75. The average Bonchev–Trinajstić information content (AvgIpc) is 1.79. The van der Waals surface area contributed by atoms with Crippen molar-refractivity contribution >= 4 is 5.91 Å². The van der Waals surface area contributed by atoms with Gasteiger partial charge in [-0.15, -0.1) is 0 Å². The predicted molar refractivity (Wildman–Crippen MR) is 47.7 cm³/mol. The van der Waals surface area contributed by atoms with Crippen LogP contribution in [-0.2, 0) is 4.79 Å². The zero-order chi connectivity index (χ0) is 8.60. The van der Waals surface area contributed by atoms with Gasteiger partial charge in [0.15, 0.2) is 0 Å². The Hall–Kier alpha value is -0.530. The third kappa shape index (κ3) is 1.35. The number of nitrogens with one attached hydrogen (secondary N) is 1. The molecule has 0 atom stereocenters. The van der Waals surface area contributed by atoms with Crippen LogP contribution >= 0.6 is 0 Å². The van der Waals surface area contributed by atoms with E-state index in [2.05, 4.69) is 12.2 Å². The quantitative estimate of drug-likeness (QED) is 0.668. The van der Waals surface area contributed by atoms with Crippen LogP contribution in [0.3, 0.4) is 0 Å². The Kier molecular flexibility index (Phi) is 1.85. The molecular weight excluding hydrogens is 150 g/mol. The van der Waals surface area contributed by atoms with E-state index in [1.54, 1.807) is 0 Å². The molecule has 0 radical (unpaired) electrons. The van der Waals surface area contributed by atoms with E-state index in [1.165, 1.54) is 25.7 Å². The van der Waals surface area contributed by atoms with Gasteiger partial charge in [-0.25, -0.2) is 0 Å². The zero-order valence-electron chi connectivity index (χ0n) is 7.73. The summed E-state index contributed by atoms with van der Waals surface area (Å²) in [4.78, 5) is 11.5. The van der Waals surface area contributed by atoms with E-state index in [9.17, 15) is 4.79 Å². The molecule has 0 aliphatic heterocycles. The predicted octanol–water partition coefficient (Wildman–Crippen LogP) is 1.85. The first-order chi connectivity index (χ1) is 5.70. The van der Waals surface area contributed by atoms with E-state index >= 15 is 0 Å². The molecule has 68 valence electrons. The molecule has 0 unspecified atom stereocenters. The summed E-state index contributed by atoms with van der Waals surface area (Å²) in [5.41, 5.74) is 0.159. The Morgan fingerprint density at radius 1 is 1.33 bits per heavy atom. The number of hydrogen-bond acceptors (Lipinski definition) is 1. The number of amides is 1. The van der Waals surface area contributed by atoms with E-state index in [0.29, 0.717) is 11.8 Å². The van der Waals surface area contributed by atoms with Crippen LogP contribution in [-0.4, -0.2) is 11.4 Å². The van der Waals surface area contributed by atoms with Gasteiger partial charge < -0.3 is 5.32 Å². The Balaban J connectivity index is 1.81. The first-order valence-electron chi connectivity index (χ1n) is 5.02. The third-order valence-electron chi connectivity index (χ3n) is 3.36. The number of hydrogen-bond donors (Lipinski definition) is 1. The highest BCUT2D eigenvalue weighted by atomic mass is 16.2. The molecule has 2 nitrogen and oxygen atoms in total. The molecule has 2 saturated carbocycles. The highest BCUT2D eigenvalue weighted by Gasteiger charge is 2.36. The number of carbonyl (C=O) groups excluding carboxylic acids is 1. The van der Waals surface area contributed by atoms with Crippen LogP contribution in [0.1, 0.15) is 45.4 Å². The molecule has 0 heterocycles. The van der Waals surface area contributed by atoms with Crippen molar-refractivity contribution < 1.29 is 4.79 Å². The molecule has 0 aromatic carbocycles. The van der Waals surface area contributed by atoms with E-state index in [-0.39, 0.29) is 5.54 Å². The summed E-state index contributed by atoms with van der Waals surface area (Å²) in [6.07, 6.45) is 7.09. The van der Waals surface area contributed by atoms with Crippen molar-refractivity contribution in [1.29, 1.82) is 0 Å². The highest BCUT2D eigenvalue weighted by molar-refractivity contribution is 5.80. The lowest BCUT2D eigenvalue weighted by molar-refractivity contribution is -0.130. The summed E-state index contributed by atoms with van der Waals surface area (Å²) in [7, 11) is 0. The molecule has 0 spiro atoms. The van der Waals surface area contributed by atoms with Crippen LogP contribution in [0.5, 0.6) is 0 Å². The van der Waals surface area contributed by atoms with Crippen molar-refractivity contribution in [3.05, 3.63) is 0 Å². The summed E-state index contributed by atoms with van der Waals surface area (Å²) in [6.45, 7) is 2.16. The molecule has 2 aliphatic rings. The van der Waals surface area contributed by atoms with E-state index in [1.807, 2.05) is 0 Å². The summed E-state index contributed by atoms with van der Waals surface area (Å²) in [6, 6.07) is 0. The standard InChI is InChI=1S/C10H17NO/c1-10(6-3-7-10)11-9(12)8-4-2-5-8/h8H,2-7H2,1H3,(H,11,12). The lowest BCUT2D eigenvalue weighted by Crippen LogP contribution is -2.53. The second-order valence-electron chi connectivity index (χ2n) is 4.53. The van der Waals surface area contributed by atoms with E-state index in [0.717, 1.165) is 12.8 Å². The van der Waals surface area contributed by atoms with Gasteiger partial charge in [0.05, 0.1) is 0 Å². The lowest BCUT2D eigenvalue weighted by atomic mass is 9.77. The van der Waals surface area contributed by atoms with Crippen LogP contribution in [0.2, 0.25) is 0 Å². The van der Waals surface area contributed by atoms with Crippen molar-refractivity contribution in [3.63, 3.8) is 0 Å². The molecule has 12 heavy (non-hydrogen) atoms. The number of rotatable bonds is 2. The van der Waals surface area contributed by atoms with Gasteiger partial charge in [0.2, 0.25) is 5.91 Å². The molecule has 1 amide bonds. The Bertz CT molecular complexity index is 192. The van der Waals surface area contributed by atoms with Crippen LogP contribution in [0.4, 0.5) is 0 Å². The maximum absolute atomic E-state index is 11.5. The fraction of sp³-hybridized carbons (Fsp3) is 0.900. The van der Waals surface area contributed by atoms with Crippen molar-refractivity contribution in [1.82, 2.24) is 5.32 Å². The summed E-state index contributed by atoms with van der Waals surface area (Å²) < 4.78 is 0. The third-order valence-corrected chi connectivity index (χ3v) is 3.36. The molecule has 2 fully saturated rings. The van der Waals surface area contributed by atoms with Crippen molar-refractivity contribution in [2.24, 2.45) is 5.92 Å². The maximum Gasteiger partial charge on any atom is 0.223 e. The van der Waals surface area contributed by atoms with E-state index in [4.69, 9.17) is 0 Å². The minimum atomic E-state index is 0.159. The van der Waals surface area contributed by atoms with Gasteiger partial charge >= 0.3 is 0 Å². The summed E-state index contributed by atoms with van der Waals surface area (Å²) in [5, 5.41) is 3.16. The molecular formula is C10H17NO. The van der Waals surface area contributed by atoms with Gasteiger partial charge in [0.1, 0.15) is 0 Å². The Labute approximate surface area is 73.7 Å². The molecule has 1 N–H and O–H groups in total. The minimum absolute atomic E-state index is 0.159. The van der Waals surface area contributed by atoms with Crippen molar-refractivity contribution in [2.45, 2.75) is 51.0 Å². The SMILES string of the molecule is CC1(NC(=O)C2CCC2)CCC1. The zero-order valence-corrected chi connectivity index (χ0v) is 7.73. The molecule has 0 aromatic heterocycles. The molecule has 2 aliphatic carbocycles. The van der Waals surface area contributed by atoms with Gasteiger partial charge in [-0.3, -0.25) is 4.79 Å². The van der Waals surface area contributed by atoms with Gasteiger partial charge in [0, 0.05) is 11.5 Å². The second-order valence-corrected chi connectivity index (χ2v) is 4.53. The normalized spacial score (nSPS) is 27.1. The van der Waals surface area contributed by atoms with Crippen LogP contribution in [0, 0.1) is 5.92 Å². The molecule has 0 saturated heterocycles. The van der Waals surface area contributed by atoms with Crippen molar-refractivity contribution in [2.75, 3.05) is 0 Å². The van der Waals surface area contributed by atoms with Gasteiger partial charge in [-0.2, -0.15) is 0 Å². The smallest absolute Gasteiger partial charge is 0.223 e. The number of carbonyl (C=O) groups is 1. The average molecular weight is 167 g/mol. The fourth-order valence-corrected chi connectivity index (χ4v) is 1.90. The molecule has 0 aromatic rings. The minimum Gasteiger partial charge on any atom is -0.351 e. The highest BCUT2D eigenvalue weighted by Crippen LogP contribution is 2.33. The maximum atomic E-state index is 11.5. The van der Waals surface area contributed by atoms with Crippen molar-refractivity contribution in [3.8, 4) is 0 Å². The molecule has 2 rings (SSSR count). The van der Waals surface area contributed by atoms with Crippen LogP contribution in [0.25, 0.3) is 0 Å². The molecule has 2 heteroatoms. The topological polar surface area (TPSA) is 29.1 Å². The first-order valence-corrected chi connectivity index (χ1v) is 5.02. The Morgan fingerprint density at radius 3 is 2.33 bits per heavy atom. The monoisotopic (exact) mass is 167 g/mol. The largest absolute Gasteiger partial charge is 0.351 e. The van der Waals surface area contributed by atoms with Crippen LogP contribution < -0.4 is 5.32 Å². The lowest BCUT2D eigenvalue weighted by Gasteiger charge is -2.41. The molecule has 0 bridgehead atoms. The van der Waals surface area contributed by atoms with Crippen LogP contribution in [0.15, 0.2) is 0 Å². The van der Waals surface area contributed by atoms with Gasteiger partial charge in [-0.05, 0) is 39.0 Å². The fourth-order valence-electron chi connectivity index (χ4n) is 1.90. The van der Waals surface area contributed by atoms with Gasteiger partial charge in [0.25, 0.3) is 0 Å². The summed E-state index contributed by atoms with van der Waals surface area (Å²) >= 11 is 0. The Morgan fingerprint density at radius 2 is 2.00 bits per heavy atom.